The Morgan fingerprint density at radius 2 is 2.30 bits per heavy atom. The molecule has 23 heavy (non-hydrogen) atoms. The number of carbonyl (C=O) groups is 1. The summed E-state index contributed by atoms with van der Waals surface area (Å²) in [7, 11) is 0. The van der Waals surface area contributed by atoms with Crippen molar-refractivity contribution in [3.05, 3.63) is 23.0 Å². The van der Waals surface area contributed by atoms with Crippen LogP contribution in [-0.4, -0.2) is 54.0 Å². The molecule has 1 N–H and O–H groups in total. The maximum Gasteiger partial charge on any atom is 0.261 e. The molecular weight excluding hydrogens is 308 g/mol. The van der Waals surface area contributed by atoms with Crippen molar-refractivity contribution in [2.45, 2.75) is 38.5 Å². The summed E-state index contributed by atoms with van der Waals surface area (Å²) in [5.41, 5.74) is 0.227. The normalized spacial score (nSPS) is 24.6. The lowest BCUT2D eigenvalue weighted by Gasteiger charge is -2.22. The first-order chi connectivity index (χ1) is 10.9. The molecule has 2 aliphatic heterocycles. The minimum Gasteiger partial charge on any atom is -0.490 e. The number of amides is 1. The van der Waals surface area contributed by atoms with Crippen LogP contribution in [0.15, 0.2) is 6.07 Å². The van der Waals surface area contributed by atoms with Gasteiger partial charge in [-0.05, 0) is 31.9 Å². The number of fused-ring (bicyclic) bond motifs is 2. The van der Waals surface area contributed by atoms with Gasteiger partial charge in [0.15, 0.2) is 11.6 Å². The molecule has 1 aromatic rings. The number of hydrogen-bond donors (Lipinski definition) is 1. The lowest BCUT2D eigenvalue weighted by molar-refractivity contribution is 0.0702. The van der Waals surface area contributed by atoms with Crippen LogP contribution >= 0.6 is 0 Å². The summed E-state index contributed by atoms with van der Waals surface area (Å²) in [5.74, 6) is -1.20. The standard InChI is InChI=1S/C16H19F2NO4/c1-8-3-12-13(15(14(8)18)23-9(2)5-17)16(21)19-6-11(20)4-10(19)7-22-12/h3,9-11,20H,4-7H2,1-2H3/t9-,10-,11+/m1/s1. The van der Waals surface area contributed by atoms with Crippen LogP contribution in [0.5, 0.6) is 11.5 Å². The van der Waals surface area contributed by atoms with E-state index in [1.807, 2.05) is 0 Å². The lowest BCUT2D eigenvalue weighted by Crippen LogP contribution is -2.37. The summed E-state index contributed by atoms with van der Waals surface area (Å²) >= 11 is 0. The fourth-order valence-electron chi connectivity index (χ4n) is 3.02. The van der Waals surface area contributed by atoms with Gasteiger partial charge in [0.2, 0.25) is 0 Å². The predicted octanol–water partition coefficient (Wildman–Crippen LogP) is 1.84. The van der Waals surface area contributed by atoms with E-state index in [0.717, 1.165) is 0 Å². The second-order valence-corrected chi connectivity index (χ2v) is 6.10. The minimum absolute atomic E-state index is 0.0370. The van der Waals surface area contributed by atoms with E-state index in [9.17, 15) is 18.7 Å². The third-order valence-electron chi connectivity index (χ3n) is 4.20. The summed E-state index contributed by atoms with van der Waals surface area (Å²) in [4.78, 5) is 14.3. The molecule has 1 saturated heterocycles. The predicted molar refractivity (Wildman–Crippen MR) is 78.1 cm³/mol. The van der Waals surface area contributed by atoms with Gasteiger partial charge in [-0.2, -0.15) is 0 Å². The van der Waals surface area contributed by atoms with E-state index in [0.29, 0.717) is 6.42 Å². The maximum atomic E-state index is 14.5. The number of ether oxygens (including phenoxy) is 2. The van der Waals surface area contributed by atoms with E-state index in [2.05, 4.69) is 0 Å². The van der Waals surface area contributed by atoms with Gasteiger partial charge in [-0.1, -0.05) is 0 Å². The molecule has 5 nitrogen and oxygen atoms in total. The summed E-state index contributed by atoms with van der Waals surface area (Å²) in [5, 5.41) is 9.76. The number of hydrogen-bond acceptors (Lipinski definition) is 4. The molecule has 0 aliphatic carbocycles. The number of benzene rings is 1. The number of aliphatic hydroxyl groups is 1. The highest BCUT2D eigenvalue weighted by atomic mass is 19.1. The Morgan fingerprint density at radius 3 is 3.00 bits per heavy atom. The molecule has 0 aromatic heterocycles. The monoisotopic (exact) mass is 327 g/mol. The molecule has 1 aromatic carbocycles. The smallest absolute Gasteiger partial charge is 0.261 e. The Labute approximate surface area is 132 Å². The molecule has 0 unspecified atom stereocenters. The van der Waals surface area contributed by atoms with Crippen LogP contribution in [0.1, 0.15) is 29.3 Å². The van der Waals surface area contributed by atoms with Crippen molar-refractivity contribution in [2.24, 2.45) is 0 Å². The number of halogens is 2. The Hall–Kier alpha value is -1.89. The van der Waals surface area contributed by atoms with Crippen LogP contribution in [0, 0.1) is 12.7 Å². The highest BCUT2D eigenvalue weighted by Crippen LogP contribution is 2.39. The van der Waals surface area contributed by atoms with Gasteiger partial charge in [0.05, 0.1) is 12.1 Å². The highest BCUT2D eigenvalue weighted by molar-refractivity contribution is 6.00. The molecule has 0 radical (unpaired) electrons. The molecular formula is C16H19F2NO4. The number of aryl methyl sites for hydroxylation is 1. The van der Waals surface area contributed by atoms with Gasteiger partial charge in [-0.3, -0.25) is 4.79 Å². The van der Waals surface area contributed by atoms with Gasteiger partial charge in [0.25, 0.3) is 5.91 Å². The zero-order chi connectivity index (χ0) is 16.7. The first-order valence-electron chi connectivity index (χ1n) is 7.60. The Kier molecular flexibility index (Phi) is 4.14. The molecule has 2 heterocycles. The molecule has 126 valence electrons. The first-order valence-corrected chi connectivity index (χ1v) is 7.60. The number of carbonyl (C=O) groups excluding carboxylic acids is 1. The van der Waals surface area contributed by atoms with Crippen molar-refractivity contribution >= 4 is 5.91 Å². The SMILES string of the molecule is Cc1cc2c(c(O[C@H](C)CF)c1F)C(=O)N1C[C@@H](O)C[C@@H]1CO2. The molecule has 2 aliphatic rings. The van der Waals surface area contributed by atoms with Crippen molar-refractivity contribution < 1.29 is 28.2 Å². The maximum absolute atomic E-state index is 14.5. The van der Waals surface area contributed by atoms with Crippen LogP contribution in [-0.2, 0) is 0 Å². The number of nitrogens with zero attached hydrogens (tertiary/aromatic N) is 1. The lowest BCUT2D eigenvalue weighted by atomic mass is 10.1. The average Bonchev–Trinajstić information content (AvgIpc) is 2.84. The van der Waals surface area contributed by atoms with Crippen molar-refractivity contribution in [1.29, 1.82) is 0 Å². The van der Waals surface area contributed by atoms with Gasteiger partial charge in [-0.25, -0.2) is 8.78 Å². The van der Waals surface area contributed by atoms with E-state index < -0.39 is 30.6 Å². The third-order valence-corrected chi connectivity index (χ3v) is 4.20. The average molecular weight is 327 g/mol. The fraction of sp³-hybridized carbons (Fsp3) is 0.562. The molecule has 0 bridgehead atoms. The van der Waals surface area contributed by atoms with Crippen LogP contribution in [0.2, 0.25) is 0 Å². The quantitative estimate of drug-likeness (QED) is 0.920. The number of alkyl halides is 1. The Bertz CT molecular complexity index is 637. The van der Waals surface area contributed by atoms with E-state index in [1.54, 1.807) is 0 Å². The van der Waals surface area contributed by atoms with Crippen molar-refractivity contribution in [3.8, 4) is 11.5 Å². The zero-order valence-corrected chi connectivity index (χ0v) is 13.0. The van der Waals surface area contributed by atoms with E-state index in [4.69, 9.17) is 9.47 Å². The van der Waals surface area contributed by atoms with Gasteiger partial charge in [0, 0.05) is 6.54 Å². The molecule has 0 spiro atoms. The van der Waals surface area contributed by atoms with Gasteiger partial charge < -0.3 is 19.5 Å². The summed E-state index contributed by atoms with van der Waals surface area (Å²) in [6, 6.07) is 1.19. The van der Waals surface area contributed by atoms with E-state index in [1.165, 1.54) is 24.8 Å². The van der Waals surface area contributed by atoms with Crippen LogP contribution in [0.25, 0.3) is 0 Å². The van der Waals surface area contributed by atoms with Gasteiger partial charge >= 0.3 is 0 Å². The Balaban J connectivity index is 2.09. The molecule has 0 saturated carbocycles. The highest BCUT2D eigenvalue weighted by Gasteiger charge is 2.41. The second kappa shape index (κ2) is 5.96. The molecule has 3 atom stereocenters. The Morgan fingerprint density at radius 1 is 1.57 bits per heavy atom. The number of aliphatic hydroxyl groups excluding tert-OH is 1. The number of rotatable bonds is 3. The van der Waals surface area contributed by atoms with E-state index >= 15 is 0 Å². The van der Waals surface area contributed by atoms with Crippen LogP contribution < -0.4 is 9.47 Å². The summed E-state index contributed by atoms with van der Waals surface area (Å²) in [6.45, 7) is 2.58. The fourth-order valence-corrected chi connectivity index (χ4v) is 3.02. The van der Waals surface area contributed by atoms with Crippen molar-refractivity contribution in [3.63, 3.8) is 0 Å². The van der Waals surface area contributed by atoms with E-state index in [-0.39, 0.29) is 41.8 Å². The summed E-state index contributed by atoms with van der Waals surface area (Å²) < 4.78 is 38.3. The van der Waals surface area contributed by atoms with Gasteiger partial charge in [-0.15, -0.1) is 0 Å². The largest absolute Gasteiger partial charge is 0.490 e. The summed E-state index contributed by atoms with van der Waals surface area (Å²) in [6.07, 6.45) is -1.09. The van der Waals surface area contributed by atoms with Crippen molar-refractivity contribution in [1.82, 2.24) is 4.90 Å². The zero-order valence-electron chi connectivity index (χ0n) is 13.0. The van der Waals surface area contributed by atoms with Crippen LogP contribution in [0.3, 0.4) is 0 Å². The van der Waals surface area contributed by atoms with Gasteiger partial charge in [0.1, 0.15) is 30.7 Å². The molecule has 7 heteroatoms. The first kappa shape index (κ1) is 16.0. The topological polar surface area (TPSA) is 59.0 Å². The minimum atomic E-state index is -0.883. The molecule has 1 amide bonds. The second-order valence-electron chi connectivity index (χ2n) is 6.10. The van der Waals surface area contributed by atoms with Crippen LogP contribution in [0.4, 0.5) is 8.78 Å². The van der Waals surface area contributed by atoms with Crippen molar-refractivity contribution in [2.75, 3.05) is 19.8 Å². The third kappa shape index (κ3) is 2.73. The molecule has 3 rings (SSSR count). The molecule has 1 fully saturated rings.